The van der Waals surface area contributed by atoms with E-state index < -0.39 is 0 Å². The summed E-state index contributed by atoms with van der Waals surface area (Å²) >= 11 is 0. The van der Waals surface area contributed by atoms with Gasteiger partial charge in [-0.15, -0.1) is 0 Å². The Morgan fingerprint density at radius 3 is 3.12 bits per heavy atom. The topological polar surface area (TPSA) is 37.2 Å². The summed E-state index contributed by atoms with van der Waals surface area (Å²) < 4.78 is 5.55. The Bertz CT molecular complexity index is 436. The van der Waals surface area contributed by atoms with E-state index in [2.05, 4.69) is 46.2 Å². The molecule has 17 heavy (non-hydrogen) atoms. The Morgan fingerprint density at radius 2 is 2.35 bits per heavy atom. The largest absolute Gasteiger partial charge is 0.469 e. The van der Waals surface area contributed by atoms with Crippen molar-refractivity contribution in [2.75, 3.05) is 6.54 Å². The molecule has 0 aliphatic carbocycles. The van der Waals surface area contributed by atoms with Crippen LogP contribution < -0.4 is 0 Å². The van der Waals surface area contributed by atoms with Gasteiger partial charge in [-0.2, -0.15) is 0 Å². The molecular weight excluding hydrogens is 214 g/mol. The first-order valence-electron chi connectivity index (χ1n) is 6.13. The number of fused-ring (bicyclic) bond motifs is 1. The molecular formula is C13H17N3O. The molecule has 90 valence electrons. The normalized spacial score (nSPS) is 32.0. The van der Waals surface area contributed by atoms with Crippen LogP contribution in [0.25, 0.3) is 0 Å². The van der Waals surface area contributed by atoms with E-state index in [0.29, 0.717) is 6.04 Å². The van der Waals surface area contributed by atoms with Crippen LogP contribution in [-0.4, -0.2) is 41.4 Å². The predicted molar refractivity (Wildman–Crippen MR) is 68.3 cm³/mol. The van der Waals surface area contributed by atoms with Gasteiger partial charge in [0.1, 0.15) is 0 Å². The number of hydrogen-bond acceptors (Lipinski definition) is 4. The van der Waals surface area contributed by atoms with Crippen molar-refractivity contribution in [3.8, 4) is 0 Å². The predicted octanol–water partition coefficient (Wildman–Crippen LogP) is 1.75. The van der Waals surface area contributed by atoms with Crippen LogP contribution in [0.1, 0.15) is 20.3 Å². The maximum absolute atomic E-state index is 5.55. The van der Waals surface area contributed by atoms with Crippen LogP contribution >= 0.6 is 0 Å². The van der Waals surface area contributed by atoms with Gasteiger partial charge in [0, 0.05) is 13.5 Å². The standard InChI is InChI=1S/C13H17N3O/c1-9(16-7-3-4-8-16)11-5-6-12-13(15-11)14-10(2)17-12/h3,5-7,9,12-13H,4,8H2,1-2H3. The number of rotatable bonds is 2. The molecule has 0 spiro atoms. The molecule has 3 aliphatic rings. The van der Waals surface area contributed by atoms with E-state index in [1.165, 1.54) is 0 Å². The molecule has 3 heterocycles. The number of hydrogen-bond donors (Lipinski definition) is 0. The quantitative estimate of drug-likeness (QED) is 0.726. The van der Waals surface area contributed by atoms with Crippen molar-refractivity contribution in [3.63, 3.8) is 0 Å². The van der Waals surface area contributed by atoms with Crippen LogP contribution in [0.15, 0.2) is 34.4 Å². The van der Waals surface area contributed by atoms with Crippen LogP contribution in [0.2, 0.25) is 0 Å². The minimum absolute atomic E-state index is 0.0140. The third-order valence-electron chi connectivity index (χ3n) is 3.43. The highest BCUT2D eigenvalue weighted by atomic mass is 16.5. The van der Waals surface area contributed by atoms with Gasteiger partial charge in [0.05, 0.1) is 11.8 Å². The van der Waals surface area contributed by atoms with Gasteiger partial charge in [-0.25, -0.2) is 4.99 Å². The highest BCUT2D eigenvalue weighted by Gasteiger charge is 2.31. The Labute approximate surface area is 101 Å². The molecule has 0 N–H and O–H groups in total. The minimum atomic E-state index is -0.0657. The molecule has 0 saturated heterocycles. The van der Waals surface area contributed by atoms with E-state index in [4.69, 9.17) is 4.74 Å². The zero-order chi connectivity index (χ0) is 11.8. The monoisotopic (exact) mass is 231 g/mol. The Balaban J connectivity index is 1.78. The molecule has 0 aromatic heterocycles. The van der Waals surface area contributed by atoms with Crippen molar-refractivity contribution in [2.45, 2.75) is 38.6 Å². The van der Waals surface area contributed by atoms with Gasteiger partial charge < -0.3 is 9.64 Å². The van der Waals surface area contributed by atoms with Crippen LogP contribution in [-0.2, 0) is 4.74 Å². The van der Waals surface area contributed by atoms with Gasteiger partial charge in [0.15, 0.2) is 18.2 Å². The van der Waals surface area contributed by atoms with E-state index in [0.717, 1.165) is 24.6 Å². The third kappa shape index (κ3) is 1.88. The molecule has 0 bridgehead atoms. The van der Waals surface area contributed by atoms with Crippen molar-refractivity contribution in [2.24, 2.45) is 9.98 Å². The summed E-state index contributed by atoms with van der Waals surface area (Å²) in [6.45, 7) is 5.15. The molecule has 0 radical (unpaired) electrons. The molecule has 3 unspecified atom stereocenters. The zero-order valence-electron chi connectivity index (χ0n) is 10.2. The molecule has 0 fully saturated rings. The Hall–Kier alpha value is -1.58. The SMILES string of the molecule is CC1=NC2N=C(C(C)N3C=CCC3)C=CC2O1. The summed E-state index contributed by atoms with van der Waals surface area (Å²) in [6, 6.07) is 0.321. The van der Waals surface area contributed by atoms with E-state index >= 15 is 0 Å². The van der Waals surface area contributed by atoms with Crippen LogP contribution in [0, 0.1) is 0 Å². The maximum atomic E-state index is 5.55. The molecule has 0 saturated carbocycles. The summed E-state index contributed by atoms with van der Waals surface area (Å²) in [5.74, 6) is 0.739. The average molecular weight is 231 g/mol. The van der Waals surface area contributed by atoms with Crippen LogP contribution in [0.3, 0.4) is 0 Å². The molecule has 0 aromatic rings. The van der Waals surface area contributed by atoms with Gasteiger partial charge in [0.2, 0.25) is 0 Å². The van der Waals surface area contributed by atoms with Crippen LogP contribution in [0.4, 0.5) is 0 Å². The molecule has 0 amide bonds. The second-order valence-corrected chi connectivity index (χ2v) is 4.64. The fraction of sp³-hybridized carbons (Fsp3) is 0.538. The fourth-order valence-electron chi connectivity index (χ4n) is 2.43. The number of aliphatic imine (C=N–C) groups is 2. The molecule has 0 aromatic carbocycles. The lowest BCUT2D eigenvalue weighted by Gasteiger charge is -2.27. The van der Waals surface area contributed by atoms with Crippen molar-refractivity contribution >= 4 is 11.6 Å². The maximum Gasteiger partial charge on any atom is 0.183 e. The van der Waals surface area contributed by atoms with Gasteiger partial charge in [-0.05, 0) is 31.7 Å². The van der Waals surface area contributed by atoms with Gasteiger partial charge in [-0.3, -0.25) is 4.99 Å². The van der Waals surface area contributed by atoms with E-state index in [-0.39, 0.29) is 12.3 Å². The number of nitrogens with zero attached hydrogens (tertiary/aromatic N) is 3. The summed E-state index contributed by atoms with van der Waals surface area (Å²) in [7, 11) is 0. The summed E-state index contributed by atoms with van der Waals surface area (Å²) in [5.41, 5.74) is 1.10. The second-order valence-electron chi connectivity index (χ2n) is 4.64. The van der Waals surface area contributed by atoms with Crippen LogP contribution in [0.5, 0.6) is 0 Å². The van der Waals surface area contributed by atoms with E-state index in [9.17, 15) is 0 Å². The lowest BCUT2D eigenvalue weighted by atomic mass is 10.1. The highest BCUT2D eigenvalue weighted by molar-refractivity contribution is 6.00. The molecule has 4 nitrogen and oxygen atoms in total. The second kappa shape index (κ2) is 4.02. The summed E-state index contributed by atoms with van der Waals surface area (Å²) in [6.07, 6.45) is 9.59. The molecule has 3 aliphatic heterocycles. The van der Waals surface area contributed by atoms with Gasteiger partial charge >= 0.3 is 0 Å². The average Bonchev–Trinajstić information content (AvgIpc) is 2.94. The summed E-state index contributed by atoms with van der Waals surface area (Å²) in [5, 5.41) is 0. The first-order chi connectivity index (χ1) is 8.24. The van der Waals surface area contributed by atoms with Crippen molar-refractivity contribution in [1.29, 1.82) is 0 Å². The Morgan fingerprint density at radius 1 is 1.47 bits per heavy atom. The first kappa shape index (κ1) is 10.6. The van der Waals surface area contributed by atoms with Gasteiger partial charge in [-0.1, -0.05) is 6.08 Å². The lowest BCUT2D eigenvalue weighted by molar-refractivity contribution is 0.240. The van der Waals surface area contributed by atoms with Crippen molar-refractivity contribution < 1.29 is 4.74 Å². The highest BCUT2D eigenvalue weighted by Crippen LogP contribution is 2.22. The van der Waals surface area contributed by atoms with E-state index in [1.54, 1.807) is 0 Å². The van der Waals surface area contributed by atoms with Crippen molar-refractivity contribution in [3.05, 3.63) is 24.4 Å². The van der Waals surface area contributed by atoms with Gasteiger partial charge in [0.25, 0.3) is 0 Å². The Kier molecular flexibility index (Phi) is 2.50. The molecule has 3 atom stereocenters. The summed E-state index contributed by atoms with van der Waals surface area (Å²) in [4.78, 5) is 11.4. The fourth-order valence-corrected chi connectivity index (χ4v) is 2.43. The van der Waals surface area contributed by atoms with E-state index in [1.807, 2.05) is 6.92 Å². The third-order valence-corrected chi connectivity index (χ3v) is 3.43. The first-order valence-corrected chi connectivity index (χ1v) is 6.13. The zero-order valence-corrected chi connectivity index (χ0v) is 10.2. The molecule has 4 heteroatoms. The smallest absolute Gasteiger partial charge is 0.183 e. The lowest BCUT2D eigenvalue weighted by Crippen LogP contribution is -2.36. The number of dihydropyridines is 1. The number of ether oxygens (including phenoxy) is 1. The minimum Gasteiger partial charge on any atom is -0.469 e. The van der Waals surface area contributed by atoms with Crippen molar-refractivity contribution in [1.82, 2.24) is 4.90 Å². The molecule has 3 rings (SSSR count).